The summed E-state index contributed by atoms with van der Waals surface area (Å²) in [6, 6.07) is 4.19. The van der Waals surface area contributed by atoms with Crippen LogP contribution in [0.3, 0.4) is 0 Å². The first-order chi connectivity index (χ1) is 12.8. The number of nitro benzene ring substituents is 1. The molecule has 150 valence electrons. The maximum atomic E-state index is 13.4. The third-order valence-electron chi connectivity index (χ3n) is 5.10. The van der Waals surface area contributed by atoms with Crippen LogP contribution in [0.25, 0.3) is 0 Å². The van der Waals surface area contributed by atoms with Crippen LogP contribution < -0.4 is 4.90 Å². The number of non-ortho nitro benzene ring substituents is 1. The highest BCUT2D eigenvalue weighted by Gasteiger charge is 2.35. The number of anilines is 1. The molecule has 2 atom stereocenters. The Morgan fingerprint density at radius 3 is 2.22 bits per heavy atom. The second-order valence-corrected chi connectivity index (χ2v) is 9.30. The van der Waals surface area contributed by atoms with Gasteiger partial charge in [-0.2, -0.15) is 4.31 Å². The first-order valence-corrected chi connectivity index (χ1v) is 10.9. The fourth-order valence-electron chi connectivity index (χ4n) is 3.86. The first kappa shape index (κ1) is 20.0. The molecule has 0 spiro atoms. The zero-order valence-corrected chi connectivity index (χ0v) is 16.7. The van der Waals surface area contributed by atoms with Crippen molar-refractivity contribution in [1.29, 1.82) is 0 Å². The highest BCUT2D eigenvalue weighted by molar-refractivity contribution is 7.89. The average Bonchev–Trinajstić information content (AvgIpc) is 2.89. The predicted octanol–water partition coefficient (Wildman–Crippen LogP) is 2.77. The molecule has 2 fully saturated rings. The molecule has 1 aromatic carbocycles. The molecular formula is C18H27N3O5S. The SMILES string of the molecule is C[C@H]1CN(S(=O)(=O)c2cc([N+](=O)[O-])ccc2N2CCCCCC2)C[C@H](C)O1. The van der Waals surface area contributed by atoms with Crippen molar-refractivity contribution < 1.29 is 18.1 Å². The smallest absolute Gasteiger partial charge is 0.270 e. The van der Waals surface area contributed by atoms with E-state index in [0.29, 0.717) is 5.69 Å². The summed E-state index contributed by atoms with van der Waals surface area (Å²) in [6.45, 7) is 5.68. The van der Waals surface area contributed by atoms with Gasteiger partial charge in [-0.05, 0) is 32.8 Å². The summed E-state index contributed by atoms with van der Waals surface area (Å²) in [5, 5.41) is 11.3. The molecule has 0 amide bonds. The van der Waals surface area contributed by atoms with Gasteiger partial charge in [0.1, 0.15) is 4.90 Å². The van der Waals surface area contributed by atoms with E-state index in [1.54, 1.807) is 6.07 Å². The fourth-order valence-corrected chi connectivity index (χ4v) is 5.68. The van der Waals surface area contributed by atoms with Crippen molar-refractivity contribution in [1.82, 2.24) is 4.31 Å². The van der Waals surface area contributed by atoms with E-state index >= 15 is 0 Å². The normalized spacial score (nSPS) is 25.2. The van der Waals surface area contributed by atoms with Crippen LogP contribution in [0.1, 0.15) is 39.5 Å². The number of sulfonamides is 1. The van der Waals surface area contributed by atoms with Crippen LogP contribution in [-0.4, -0.2) is 56.0 Å². The molecule has 0 N–H and O–H groups in total. The molecule has 8 nitrogen and oxygen atoms in total. The van der Waals surface area contributed by atoms with Gasteiger partial charge < -0.3 is 9.64 Å². The third-order valence-corrected chi connectivity index (χ3v) is 6.97. The van der Waals surface area contributed by atoms with E-state index in [1.165, 1.54) is 16.4 Å². The Labute approximate surface area is 160 Å². The van der Waals surface area contributed by atoms with Gasteiger partial charge in [0, 0.05) is 38.3 Å². The molecule has 2 saturated heterocycles. The molecule has 2 aliphatic heterocycles. The summed E-state index contributed by atoms with van der Waals surface area (Å²) < 4.78 is 33.9. The van der Waals surface area contributed by atoms with Gasteiger partial charge >= 0.3 is 0 Å². The second-order valence-electron chi connectivity index (χ2n) is 7.39. The summed E-state index contributed by atoms with van der Waals surface area (Å²) in [7, 11) is -3.87. The minimum Gasteiger partial charge on any atom is -0.373 e. The van der Waals surface area contributed by atoms with Crippen LogP contribution in [0.4, 0.5) is 11.4 Å². The van der Waals surface area contributed by atoms with E-state index in [4.69, 9.17) is 4.74 Å². The summed E-state index contributed by atoms with van der Waals surface area (Å²) in [5.41, 5.74) is 0.357. The zero-order valence-electron chi connectivity index (χ0n) is 15.8. The molecule has 0 bridgehead atoms. The Morgan fingerprint density at radius 2 is 1.67 bits per heavy atom. The van der Waals surface area contributed by atoms with Gasteiger partial charge in [-0.15, -0.1) is 0 Å². The van der Waals surface area contributed by atoms with E-state index in [-0.39, 0.29) is 35.9 Å². The van der Waals surface area contributed by atoms with Crippen molar-refractivity contribution >= 4 is 21.4 Å². The van der Waals surface area contributed by atoms with E-state index < -0.39 is 14.9 Å². The quantitative estimate of drug-likeness (QED) is 0.573. The van der Waals surface area contributed by atoms with Gasteiger partial charge in [0.15, 0.2) is 0 Å². The van der Waals surface area contributed by atoms with Gasteiger partial charge in [0.05, 0.1) is 22.8 Å². The van der Waals surface area contributed by atoms with Crippen molar-refractivity contribution in [3.8, 4) is 0 Å². The Morgan fingerprint density at radius 1 is 1.07 bits per heavy atom. The average molecular weight is 397 g/mol. The topological polar surface area (TPSA) is 93.0 Å². The molecule has 0 unspecified atom stereocenters. The lowest BCUT2D eigenvalue weighted by Crippen LogP contribution is -2.48. The van der Waals surface area contributed by atoms with E-state index in [2.05, 4.69) is 4.90 Å². The Bertz CT molecular complexity index is 780. The van der Waals surface area contributed by atoms with E-state index in [0.717, 1.165) is 38.8 Å². The summed E-state index contributed by atoms with van der Waals surface area (Å²) in [6.07, 6.45) is 3.77. The molecule has 9 heteroatoms. The number of nitro groups is 1. The van der Waals surface area contributed by atoms with Gasteiger partial charge in [-0.25, -0.2) is 8.42 Å². The summed E-state index contributed by atoms with van der Waals surface area (Å²) in [5.74, 6) is 0. The van der Waals surface area contributed by atoms with Crippen LogP contribution in [0.15, 0.2) is 23.1 Å². The summed E-state index contributed by atoms with van der Waals surface area (Å²) in [4.78, 5) is 12.8. The molecule has 0 aliphatic carbocycles. The maximum absolute atomic E-state index is 13.4. The second kappa shape index (κ2) is 8.12. The number of ether oxygens (including phenoxy) is 1. The van der Waals surface area contributed by atoms with Gasteiger partial charge in [0.2, 0.25) is 10.0 Å². The van der Waals surface area contributed by atoms with Crippen LogP contribution in [-0.2, 0) is 14.8 Å². The molecule has 2 aliphatic rings. The highest BCUT2D eigenvalue weighted by atomic mass is 32.2. The van der Waals surface area contributed by atoms with Crippen molar-refractivity contribution in [2.75, 3.05) is 31.1 Å². The first-order valence-electron chi connectivity index (χ1n) is 9.48. The molecule has 3 rings (SSSR count). The third kappa shape index (κ3) is 4.41. The monoisotopic (exact) mass is 397 g/mol. The zero-order chi connectivity index (χ0) is 19.6. The molecule has 0 aromatic heterocycles. The number of benzene rings is 1. The number of nitrogens with zero attached hydrogens (tertiary/aromatic N) is 3. The Kier molecular flexibility index (Phi) is 6.02. The number of morpholine rings is 1. The predicted molar refractivity (Wildman–Crippen MR) is 103 cm³/mol. The Hall–Kier alpha value is -1.71. The fraction of sp³-hybridized carbons (Fsp3) is 0.667. The summed E-state index contributed by atoms with van der Waals surface area (Å²) >= 11 is 0. The number of rotatable bonds is 4. The van der Waals surface area contributed by atoms with Crippen LogP contribution in [0.5, 0.6) is 0 Å². The largest absolute Gasteiger partial charge is 0.373 e. The molecule has 0 radical (unpaired) electrons. The molecular weight excluding hydrogens is 370 g/mol. The van der Waals surface area contributed by atoms with Crippen molar-refractivity contribution in [2.45, 2.75) is 56.6 Å². The minimum absolute atomic E-state index is 0.0277. The minimum atomic E-state index is -3.87. The number of hydrogen-bond acceptors (Lipinski definition) is 6. The van der Waals surface area contributed by atoms with Crippen LogP contribution >= 0.6 is 0 Å². The number of hydrogen-bond donors (Lipinski definition) is 0. The molecule has 1 aromatic rings. The maximum Gasteiger partial charge on any atom is 0.270 e. The standard InChI is InChI=1S/C18H27N3O5S/c1-14-12-20(13-15(2)26-14)27(24,25)18-11-16(21(22)23)7-8-17(18)19-9-5-3-4-6-10-19/h7-8,11,14-15H,3-6,9-10,12-13H2,1-2H3/t14-,15-/m0/s1. The van der Waals surface area contributed by atoms with Crippen molar-refractivity contribution in [2.24, 2.45) is 0 Å². The Balaban J connectivity index is 2.04. The van der Waals surface area contributed by atoms with Gasteiger partial charge in [-0.3, -0.25) is 10.1 Å². The molecule has 27 heavy (non-hydrogen) atoms. The van der Waals surface area contributed by atoms with Crippen molar-refractivity contribution in [3.63, 3.8) is 0 Å². The van der Waals surface area contributed by atoms with Crippen LogP contribution in [0, 0.1) is 10.1 Å². The highest BCUT2D eigenvalue weighted by Crippen LogP contribution is 2.34. The van der Waals surface area contributed by atoms with E-state index in [1.807, 2.05) is 13.8 Å². The van der Waals surface area contributed by atoms with Crippen molar-refractivity contribution in [3.05, 3.63) is 28.3 Å². The van der Waals surface area contributed by atoms with Gasteiger partial charge in [-0.1, -0.05) is 12.8 Å². The van der Waals surface area contributed by atoms with Gasteiger partial charge in [0.25, 0.3) is 5.69 Å². The lowest BCUT2D eigenvalue weighted by Gasteiger charge is -2.35. The molecule has 0 saturated carbocycles. The molecule has 2 heterocycles. The lowest BCUT2D eigenvalue weighted by molar-refractivity contribution is -0.385. The van der Waals surface area contributed by atoms with E-state index in [9.17, 15) is 18.5 Å². The van der Waals surface area contributed by atoms with Crippen LogP contribution in [0.2, 0.25) is 0 Å². The lowest BCUT2D eigenvalue weighted by atomic mass is 10.2.